The zero-order chi connectivity index (χ0) is 15.1. The van der Waals surface area contributed by atoms with Crippen molar-refractivity contribution in [2.45, 2.75) is 39.2 Å². The van der Waals surface area contributed by atoms with Gasteiger partial charge in [0, 0.05) is 13.1 Å². The number of hydrogen-bond donors (Lipinski definition) is 3. The highest BCUT2D eigenvalue weighted by Gasteiger charge is 2.29. The number of nitrogens with zero attached hydrogens (tertiary/aromatic N) is 1. The Morgan fingerprint density at radius 3 is 2.70 bits per heavy atom. The van der Waals surface area contributed by atoms with Gasteiger partial charge in [-0.05, 0) is 38.3 Å². The molecule has 0 spiro atoms. The van der Waals surface area contributed by atoms with Crippen molar-refractivity contribution in [3.05, 3.63) is 0 Å². The first-order valence-corrected chi connectivity index (χ1v) is 7.42. The van der Waals surface area contributed by atoms with E-state index in [2.05, 4.69) is 10.6 Å². The van der Waals surface area contributed by atoms with Gasteiger partial charge in [-0.25, -0.2) is 9.59 Å². The van der Waals surface area contributed by atoms with E-state index in [4.69, 9.17) is 0 Å². The molecule has 0 aromatic carbocycles. The lowest BCUT2D eigenvalue weighted by Crippen LogP contribution is -2.53. The molecule has 1 saturated heterocycles. The van der Waals surface area contributed by atoms with Gasteiger partial charge < -0.3 is 20.6 Å². The molecular formula is C14H27N3O3. The minimum Gasteiger partial charge on any atom is -0.480 e. The fraction of sp³-hybridized carbons (Fsp3) is 0.857. The third-order valence-corrected chi connectivity index (χ3v) is 4.06. The number of carbonyl (C=O) groups is 2. The first-order chi connectivity index (χ1) is 9.49. The molecular weight excluding hydrogens is 258 g/mol. The van der Waals surface area contributed by atoms with Crippen LogP contribution < -0.4 is 10.6 Å². The Bertz CT molecular complexity index is 334. The molecule has 2 amide bonds. The monoisotopic (exact) mass is 285 g/mol. The van der Waals surface area contributed by atoms with Crippen molar-refractivity contribution < 1.29 is 14.7 Å². The van der Waals surface area contributed by atoms with E-state index >= 15 is 0 Å². The van der Waals surface area contributed by atoms with Gasteiger partial charge >= 0.3 is 12.0 Å². The molecule has 1 fully saturated rings. The van der Waals surface area contributed by atoms with Crippen molar-refractivity contribution in [1.82, 2.24) is 15.5 Å². The minimum atomic E-state index is -0.962. The summed E-state index contributed by atoms with van der Waals surface area (Å²) in [6.07, 6.45) is 2.80. The lowest BCUT2D eigenvalue weighted by atomic mass is 9.97. The van der Waals surface area contributed by atoms with Gasteiger partial charge in [0.25, 0.3) is 0 Å². The predicted octanol–water partition coefficient (Wildman–Crippen LogP) is 1.13. The molecule has 1 aliphatic rings. The highest BCUT2D eigenvalue weighted by atomic mass is 16.4. The van der Waals surface area contributed by atoms with Gasteiger partial charge in [-0.15, -0.1) is 0 Å². The number of hydrogen-bond acceptors (Lipinski definition) is 3. The second kappa shape index (κ2) is 8.09. The molecule has 20 heavy (non-hydrogen) atoms. The van der Waals surface area contributed by atoms with E-state index in [1.54, 1.807) is 4.90 Å². The van der Waals surface area contributed by atoms with Crippen LogP contribution >= 0.6 is 0 Å². The first-order valence-electron chi connectivity index (χ1n) is 7.42. The van der Waals surface area contributed by atoms with Gasteiger partial charge in [-0.1, -0.05) is 20.3 Å². The number of piperidine rings is 1. The van der Waals surface area contributed by atoms with Crippen molar-refractivity contribution >= 4 is 12.0 Å². The maximum atomic E-state index is 12.2. The van der Waals surface area contributed by atoms with Gasteiger partial charge in [0.05, 0.1) is 0 Å². The van der Waals surface area contributed by atoms with Crippen molar-refractivity contribution in [2.24, 2.45) is 11.8 Å². The van der Waals surface area contributed by atoms with Gasteiger partial charge in [-0.2, -0.15) is 0 Å². The number of carboxylic acids is 1. The molecule has 3 unspecified atom stereocenters. The largest absolute Gasteiger partial charge is 0.480 e. The van der Waals surface area contributed by atoms with E-state index in [0.717, 1.165) is 25.8 Å². The third kappa shape index (κ3) is 4.67. The molecule has 3 atom stereocenters. The smallest absolute Gasteiger partial charge is 0.326 e. The molecule has 1 aliphatic heterocycles. The summed E-state index contributed by atoms with van der Waals surface area (Å²) in [7, 11) is 1.91. The number of nitrogens with one attached hydrogen (secondary N) is 2. The minimum absolute atomic E-state index is 0.0747. The molecule has 116 valence electrons. The number of rotatable bonds is 6. The van der Waals surface area contributed by atoms with Crippen LogP contribution in [0.25, 0.3) is 0 Å². The van der Waals surface area contributed by atoms with Gasteiger partial charge in [0.1, 0.15) is 6.04 Å². The molecule has 0 aliphatic carbocycles. The molecule has 6 nitrogen and oxygen atoms in total. The van der Waals surface area contributed by atoms with Crippen LogP contribution in [0.1, 0.15) is 33.1 Å². The lowest BCUT2D eigenvalue weighted by Gasteiger charge is -2.34. The van der Waals surface area contributed by atoms with Crippen LogP contribution in [-0.2, 0) is 4.79 Å². The summed E-state index contributed by atoms with van der Waals surface area (Å²) in [6, 6.07) is -1.06. The summed E-state index contributed by atoms with van der Waals surface area (Å²) in [5.74, 6) is -0.586. The highest BCUT2D eigenvalue weighted by Crippen LogP contribution is 2.16. The zero-order valence-corrected chi connectivity index (χ0v) is 12.7. The molecule has 1 rings (SSSR count). The fourth-order valence-electron chi connectivity index (χ4n) is 2.61. The number of urea groups is 1. The molecule has 0 aromatic rings. The Labute approximate surface area is 120 Å². The van der Waals surface area contributed by atoms with E-state index < -0.39 is 12.0 Å². The zero-order valence-electron chi connectivity index (χ0n) is 12.7. The maximum absolute atomic E-state index is 12.2. The highest BCUT2D eigenvalue weighted by molar-refractivity contribution is 5.82. The second-order valence-electron chi connectivity index (χ2n) is 5.66. The van der Waals surface area contributed by atoms with E-state index in [-0.39, 0.29) is 11.9 Å². The van der Waals surface area contributed by atoms with Crippen molar-refractivity contribution in [1.29, 1.82) is 0 Å². The molecule has 0 radical (unpaired) electrons. The maximum Gasteiger partial charge on any atom is 0.326 e. The average molecular weight is 285 g/mol. The summed E-state index contributed by atoms with van der Waals surface area (Å²) in [5.41, 5.74) is 0. The Balaban J connectivity index is 2.57. The summed E-state index contributed by atoms with van der Waals surface area (Å²) in [4.78, 5) is 25.2. The summed E-state index contributed by atoms with van der Waals surface area (Å²) < 4.78 is 0. The number of carboxylic acid groups (broad SMARTS) is 1. The molecule has 6 heteroatoms. The van der Waals surface area contributed by atoms with Crippen LogP contribution in [0.3, 0.4) is 0 Å². The van der Waals surface area contributed by atoms with Crippen LogP contribution in [0.15, 0.2) is 0 Å². The van der Waals surface area contributed by atoms with Crippen molar-refractivity contribution in [2.75, 3.05) is 26.7 Å². The summed E-state index contributed by atoms with van der Waals surface area (Å²) in [5, 5.41) is 15.0. The van der Waals surface area contributed by atoms with Crippen LogP contribution in [0, 0.1) is 11.8 Å². The third-order valence-electron chi connectivity index (χ3n) is 4.06. The van der Waals surface area contributed by atoms with Crippen LogP contribution in [0.2, 0.25) is 0 Å². The van der Waals surface area contributed by atoms with Crippen LogP contribution in [-0.4, -0.2) is 54.7 Å². The molecule has 0 aromatic heterocycles. The molecule has 0 bridgehead atoms. The number of carbonyl (C=O) groups excluding carboxylic acids is 1. The Morgan fingerprint density at radius 2 is 2.15 bits per heavy atom. The van der Waals surface area contributed by atoms with E-state index in [9.17, 15) is 14.7 Å². The first kappa shape index (κ1) is 16.8. The standard InChI is InChI=1S/C14H27N3O3/c1-4-10(2)12(13(18)19)16-14(20)17-7-5-6-11(9-17)8-15-3/h10-12,15H,4-9H2,1-3H3,(H,16,20)(H,18,19). The lowest BCUT2D eigenvalue weighted by molar-refractivity contribution is -0.140. The van der Waals surface area contributed by atoms with Gasteiger partial charge in [0.15, 0.2) is 0 Å². The van der Waals surface area contributed by atoms with Crippen molar-refractivity contribution in [3.8, 4) is 0 Å². The SMILES string of the molecule is CCC(C)C(NC(=O)N1CCCC(CNC)C1)C(=O)O. The molecule has 3 N–H and O–H groups in total. The topological polar surface area (TPSA) is 81.7 Å². The second-order valence-corrected chi connectivity index (χ2v) is 5.66. The normalized spacial score (nSPS) is 22.1. The van der Waals surface area contributed by atoms with Crippen molar-refractivity contribution in [3.63, 3.8) is 0 Å². The Kier molecular flexibility index (Phi) is 6.78. The van der Waals surface area contributed by atoms with Gasteiger partial charge in [-0.3, -0.25) is 0 Å². The van der Waals surface area contributed by atoms with Gasteiger partial charge in [0.2, 0.25) is 0 Å². The summed E-state index contributed by atoms with van der Waals surface area (Å²) in [6.45, 7) is 6.06. The van der Waals surface area contributed by atoms with E-state index in [1.807, 2.05) is 20.9 Å². The number of aliphatic carboxylic acids is 1. The summed E-state index contributed by atoms with van der Waals surface area (Å²) >= 11 is 0. The predicted molar refractivity (Wildman–Crippen MR) is 77.6 cm³/mol. The average Bonchev–Trinajstić information content (AvgIpc) is 2.44. The van der Waals surface area contributed by atoms with E-state index in [0.29, 0.717) is 19.0 Å². The Hall–Kier alpha value is -1.30. The Morgan fingerprint density at radius 1 is 1.45 bits per heavy atom. The molecule has 0 saturated carbocycles. The van der Waals surface area contributed by atoms with E-state index in [1.165, 1.54) is 0 Å². The van der Waals surface area contributed by atoms with Crippen LogP contribution in [0.4, 0.5) is 4.79 Å². The molecule has 1 heterocycles. The quantitative estimate of drug-likeness (QED) is 0.683. The number of likely N-dealkylation sites (tertiary alicyclic amines) is 1. The number of amides is 2. The fourth-order valence-corrected chi connectivity index (χ4v) is 2.61. The van der Waals surface area contributed by atoms with Crippen LogP contribution in [0.5, 0.6) is 0 Å².